The van der Waals surface area contributed by atoms with E-state index >= 15 is 0 Å². The van der Waals surface area contributed by atoms with E-state index in [0.717, 1.165) is 44.7 Å². The Labute approximate surface area is 107 Å². The number of halogens is 1. The maximum Gasteiger partial charge on any atom is 0.0802 e. The van der Waals surface area contributed by atoms with Crippen molar-refractivity contribution in [2.24, 2.45) is 0 Å². The fourth-order valence-corrected chi connectivity index (χ4v) is 2.22. The van der Waals surface area contributed by atoms with Gasteiger partial charge in [-0.25, -0.2) is 0 Å². The number of rotatable bonds is 4. The lowest BCUT2D eigenvalue weighted by Gasteiger charge is -2.27. The van der Waals surface area contributed by atoms with Crippen molar-refractivity contribution in [1.82, 2.24) is 10.2 Å². The Bertz CT molecular complexity index is 336. The summed E-state index contributed by atoms with van der Waals surface area (Å²) in [5, 5.41) is 14.1. The molecule has 1 aromatic carbocycles. The molecule has 1 unspecified atom stereocenters. The summed E-state index contributed by atoms with van der Waals surface area (Å²) in [7, 11) is 0. The Morgan fingerprint density at radius 1 is 1.24 bits per heavy atom. The third-order valence-corrected chi connectivity index (χ3v) is 3.44. The smallest absolute Gasteiger partial charge is 0.0802 e. The van der Waals surface area contributed by atoms with Gasteiger partial charge in [-0.2, -0.15) is 0 Å². The summed E-state index contributed by atoms with van der Waals surface area (Å²) < 4.78 is 0. The molecule has 1 aliphatic rings. The van der Waals surface area contributed by atoms with Crippen molar-refractivity contribution < 1.29 is 5.11 Å². The predicted molar refractivity (Wildman–Crippen MR) is 70.3 cm³/mol. The molecular weight excluding hydrogens is 236 g/mol. The zero-order chi connectivity index (χ0) is 12.1. The van der Waals surface area contributed by atoms with Gasteiger partial charge >= 0.3 is 0 Å². The summed E-state index contributed by atoms with van der Waals surface area (Å²) in [4.78, 5) is 2.38. The van der Waals surface area contributed by atoms with E-state index in [1.165, 1.54) is 0 Å². The minimum Gasteiger partial charge on any atom is -0.388 e. The molecule has 3 nitrogen and oxygen atoms in total. The molecule has 1 atom stereocenters. The van der Waals surface area contributed by atoms with Gasteiger partial charge in [0.05, 0.1) is 6.10 Å². The second-order valence-electron chi connectivity index (χ2n) is 4.45. The Morgan fingerprint density at radius 2 is 1.88 bits per heavy atom. The van der Waals surface area contributed by atoms with E-state index in [4.69, 9.17) is 11.6 Å². The zero-order valence-electron chi connectivity index (χ0n) is 9.90. The van der Waals surface area contributed by atoms with Crippen LogP contribution < -0.4 is 5.32 Å². The number of hydrogen-bond donors (Lipinski definition) is 2. The van der Waals surface area contributed by atoms with Crippen molar-refractivity contribution in [2.75, 3.05) is 32.7 Å². The first-order valence-corrected chi connectivity index (χ1v) is 6.50. The molecular formula is C13H19ClN2O. The number of benzene rings is 1. The van der Waals surface area contributed by atoms with Crippen molar-refractivity contribution in [3.63, 3.8) is 0 Å². The van der Waals surface area contributed by atoms with Gasteiger partial charge < -0.3 is 15.3 Å². The van der Waals surface area contributed by atoms with Gasteiger partial charge in [-0.15, -0.1) is 0 Å². The fourth-order valence-electron chi connectivity index (χ4n) is 2.09. The number of nitrogens with zero attached hydrogens (tertiary/aromatic N) is 1. The highest BCUT2D eigenvalue weighted by Crippen LogP contribution is 2.19. The summed E-state index contributed by atoms with van der Waals surface area (Å²) in [6.45, 7) is 5.21. The van der Waals surface area contributed by atoms with Crippen molar-refractivity contribution in [2.45, 2.75) is 12.5 Å². The molecule has 1 fully saturated rings. The molecule has 0 bridgehead atoms. The number of aliphatic hydroxyl groups is 1. The Balaban J connectivity index is 1.80. The van der Waals surface area contributed by atoms with Crippen LogP contribution >= 0.6 is 11.6 Å². The normalized spacial score (nSPS) is 19.2. The Morgan fingerprint density at radius 3 is 2.53 bits per heavy atom. The van der Waals surface area contributed by atoms with Gasteiger partial charge in [0.2, 0.25) is 0 Å². The second-order valence-corrected chi connectivity index (χ2v) is 4.88. The minimum absolute atomic E-state index is 0.387. The molecule has 0 aliphatic carbocycles. The summed E-state index contributed by atoms with van der Waals surface area (Å²) in [6, 6.07) is 7.44. The molecule has 1 heterocycles. The van der Waals surface area contributed by atoms with Crippen LogP contribution in [0.3, 0.4) is 0 Å². The predicted octanol–water partition coefficient (Wildman–Crippen LogP) is 1.67. The van der Waals surface area contributed by atoms with Crippen LogP contribution in [0.5, 0.6) is 0 Å². The monoisotopic (exact) mass is 254 g/mol. The number of nitrogens with one attached hydrogen (secondary N) is 1. The van der Waals surface area contributed by atoms with E-state index in [9.17, 15) is 5.11 Å². The maximum absolute atomic E-state index is 10.1. The van der Waals surface area contributed by atoms with Gasteiger partial charge in [-0.3, -0.25) is 0 Å². The zero-order valence-corrected chi connectivity index (χ0v) is 10.7. The third-order valence-electron chi connectivity index (χ3n) is 3.18. The summed E-state index contributed by atoms with van der Waals surface area (Å²) >= 11 is 5.82. The summed E-state index contributed by atoms with van der Waals surface area (Å²) in [5.41, 5.74) is 0.949. The molecule has 4 heteroatoms. The first kappa shape index (κ1) is 12.8. The molecule has 1 saturated heterocycles. The molecule has 1 aliphatic heterocycles. The van der Waals surface area contributed by atoms with E-state index in [-0.39, 0.29) is 6.10 Å². The van der Waals surface area contributed by atoms with Crippen molar-refractivity contribution in [1.29, 1.82) is 0 Å². The van der Waals surface area contributed by atoms with Crippen LogP contribution in [0.4, 0.5) is 0 Å². The maximum atomic E-state index is 10.1. The fraction of sp³-hybridized carbons (Fsp3) is 0.538. The quantitative estimate of drug-likeness (QED) is 0.858. The van der Waals surface area contributed by atoms with Crippen LogP contribution in [-0.4, -0.2) is 42.7 Å². The van der Waals surface area contributed by atoms with Gasteiger partial charge in [-0.1, -0.05) is 23.7 Å². The SMILES string of the molecule is OC(CCN1CCNCC1)c1ccc(Cl)cc1. The van der Waals surface area contributed by atoms with E-state index < -0.39 is 0 Å². The standard InChI is InChI=1S/C13H19ClN2O/c14-12-3-1-11(2-4-12)13(17)5-8-16-9-6-15-7-10-16/h1-4,13,15,17H,5-10H2. The average Bonchev–Trinajstić information content (AvgIpc) is 2.38. The number of aliphatic hydroxyl groups excluding tert-OH is 1. The van der Waals surface area contributed by atoms with Crippen molar-refractivity contribution in [3.05, 3.63) is 34.9 Å². The molecule has 94 valence electrons. The topological polar surface area (TPSA) is 35.5 Å². The van der Waals surface area contributed by atoms with Crippen molar-refractivity contribution >= 4 is 11.6 Å². The molecule has 2 rings (SSSR count). The van der Waals surface area contributed by atoms with E-state index in [2.05, 4.69) is 10.2 Å². The Hall–Kier alpha value is -0.610. The lowest BCUT2D eigenvalue weighted by atomic mass is 10.1. The third kappa shape index (κ3) is 3.96. The summed E-state index contributed by atoms with van der Waals surface area (Å²) in [6.07, 6.45) is 0.393. The molecule has 17 heavy (non-hydrogen) atoms. The van der Waals surface area contributed by atoms with Crippen LogP contribution in [0, 0.1) is 0 Å². The largest absolute Gasteiger partial charge is 0.388 e. The average molecular weight is 255 g/mol. The molecule has 0 aromatic heterocycles. The van der Waals surface area contributed by atoms with Crippen LogP contribution in [0.2, 0.25) is 5.02 Å². The van der Waals surface area contributed by atoms with Gasteiger partial charge in [0, 0.05) is 37.7 Å². The molecule has 0 amide bonds. The molecule has 1 aromatic rings. The van der Waals surface area contributed by atoms with Crippen LogP contribution in [0.1, 0.15) is 18.1 Å². The Kier molecular flexibility index (Phi) is 4.80. The first-order chi connectivity index (χ1) is 8.25. The van der Waals surface area contributed by atoms with Gasteiger partial charge in [-0.05, 0) is 24.1 Å². The van der Waals surface area contributed by atoms with Crippen molar-refractivity contribution in [3.8, 4) is 0 Å². The van der Waals surface area contributed by atoms with Gasteiger partial charge in [0.1, 0.15) is 0 Å². The minimum atomic E-state index is -0.387. The second kappa shape index (κ2) is 6.36. The molecule has 0 radical (unpaired) electrons. The summed E-state index contributed by atoms with van der Waals surface area (Å²) in [5.74, 6) is 0. The van der Waals surface area contributed by atoms with E-state index in [1.807, 2.05) is 24.3 Å². The number of hydrogen-bond acceptors (Lipinski definition) is 3. The molecule has 2 N–H and O–H groups in total. The lowest BCUT2D eigenvalue weighted by molar-refractivity contribution is 0.136. The van der Waals surface area contributed by atoms with Gasteiger partial charge in [0.15, 0.2) is 0 Å². The lowest BCUT2D eigenvalue weighted by Crippen LogP contribution is -2.44. The van der Waals surface area contributed by atoms with Crippen LogP contribution in [-0.2, 0) is 0 Å². The van der Waals surface area contributed by atoms with Crippen LogP contribution in [0.25, 0.3) is 0 Å². The van der Waals surface area contributed by atoms with E-state index in [0.29, 0.717) is 5.02 Å². The van der Waals surface area contributed by atoms with Crippen LogP contribution in [0.15, 0.2) is 24.3 Å². The van der Waals surface area contributed by atoms with E-state index in [1.54, 1.807) is 0 Å². The molecule has 0 saturated carbocycles. The number of piperazine rings is 1. The molecule has 0 spiro atoms. The highest BCUT2D eigenvalue weighted by atomic mass is 35.5. The first-order valence-electron chi connectivity index (χ1n) is 6.12. The van der Waals surface area contributed by atoms with Gasteiger partial charge in [0.25, 0.3) is 0 Å². The highest BCUT2D eigenvalue weighted by Gasteiger charge is 2.12. The highest BCUT2D eigenvalue weighted by molar-refractivity contribution is 6.30.